The van der Waals surface area contributed by atoms with E-state index in [1.165, 1.54) is 5.56 Å². The summed E-state index contributed by atoms with van der Waals surface area (Å²) in [5.41, 5.74) is 4.50. The van der Waals surface area contributed by atoms with E-state index in [2.05, 4.69) is 69.1 Å². The lowest BCUT2D eigenvalue weighted by Crippen LogP contribution is -2.44. The molecule has 2 aromatic heterocycles. The topological polar surface area (TPSA) is 54.3 Å². The Labute approximate surface area is 178 Å². The first-order chi connectivity index (χ1) is 14.3. The summed E-state index contributed by atoms with van der Waals surface area (Å²) in [6, 6.07) is 10.9. The molecule has 30 heavy (non-hydrogen) atoms. The number of fused-ring (bicyclic) bond motifs is 1. The van der Waals surface area contributed by atoms with Crippen molar-refractivity contribution in [2.45, 2.75) is 45.7 Å². The number of benzene rings is 1. The maximum atomic E-state index is 13.6. The number of piperidine rings is 1. The maximum Gasteiger partial charge on any atom is 0.254 e. The molecule has 6 heteroatoms. The molecule has 1 aromatic carbocycles. The van der Waals surface area contributed by atoms with Gasteiger partial charge in [0.15, 0.2) is 5.65 Å². The van der Waals surface area contributed by atoms with E-state index in [0.29, 0.717) is 11.6 Å². The number of pyridine rings is 1. The molecule has 1 aliphatic heterocycles. The monoisotopic (exact) mass is 405 g/mol. The predicted molar refractivity (Wildman–Crippen MR) is 121 cm³/mol. The smallest absolute Gasteiger partial charge is 0.254 e. The van der Waals surface area contributed by atoms with Gasteiger partial charge < -0.3 is 9.80 Å². The van der Waals surface area contributed by atoms with Gasteiger partial charge >= 0.3 is 0 Å². The number of hydrogen-bond donors (Lipinski definition) is 0. The van der Waals surface area contributed by atoms with E-state index >= 15 is 0 Å². The molecule has 1 aliphatic rings. The second kappa shape index (κ2) is 8.19. The first kappa shape index (κ1) is 20.5. The lowest BCUT2D eigenvalue weighted by Gasteiger charge is -2.35. The van der Waals surface area contributed by atoms with Gasteiger partial charge in [-0.3, -0.25) is 4.79 Å². The van der Waals surface area contributed by atoms with Crippen LogP contribution >= 0.6 is 0 Å². The van der Waals surface area contributed by atoms with Gasteiger partial charge in [0.25, 0.3) is 5.91 Å². The third kappa shape index (κ3) is 3.84. The Kier molecular flexibility index (Phi) is 5.60. The fraction of sp³-hybridized carbons (Fsp3) is 0.458. The van der Waals surface area contributed by atoms with Crippen molar-refractivity contribution in [3.05, 3.63) is 47.7 Å². The van der Waals surface area contributed by atoms with Gasteiger partial charge in [0, 0.05) is 30.7 Å². The Morgan fingerprint density at radius 2 is 1.80 bits per heavy atom. The second-order valence-electron chi connectivity index (χ2n) is 8.83. The molecule has 3 aromatic rings. The SMILES string of the molecule is Cc1ccc(-c2cc(C(=O)N3CCC(N(C)C)CC3)c3cnn(C(C)C)c3n2)cc1. The van der Waals surface area contributed by atoms with Crippen LogP contribution in [-0.4, -0.2) is 63.7 Å². The Hall–Kier alpha value is -2.73. The molecule has 0 atom stereocenters. The average molecular weight is 406 g/mol. The van der Waals surface area contributed by atoms with Gasteiger partial charge in [-0.2, -0.15) is 5.10 Å². The Morgan fingerprint density at radius 1 is 1.13 bits per heavy atom. The molecule has 0 unspecified atom stereocenters. The zero-order chi connectivity index (χ0) is 21.4. The number of amides is 1. The fourth-order valence-electron chi connectivity index (χ4n) is 4.20. The van der Waals surface area contributed by atoms with E-state index in [4.69, 9.17) is 4.98 Å². The minimum Gasteiger partial charge on any atom is -0.339 e. The van der Waals surface area contributed by atoms with Gasteiger partial charge in [0.1, 0.15) is 0 Å². The zero-order valence-electron chi connectivity index (χ0n) is 18.6. The summed E-state index contributed by atoms with van der Waals surface area (Å²) in [7, 11) is 4.23. The van der Waals surface area contributed by atoms with E-state index < -0.39 is 0 Å². The van der Waals surface area contributed by atoms with Gasteiger partial charge in [0.2, 0.25) is 0 Å². The minimum absolute atomic E-state index is 0.0799. The number of carbonyl (C=O) groups is 1. The molecule has 4 rings (SSSR count). The van der Waals surface area contributed by atoms with E-state index in [9.17, 15) is 4.79 Å². The first-order valence-electron chi connectivity index (χ1n) is 10.8. The van der Waals surface area contributed by atoms with Crippen LogP contribution in [0.3, 0.4) is 0 Å². The number of aromatic nitrogens is 3. The highest BCUT2D eigenvalue weighted by Gasteiger charge is 2.27. The van der Waals surface area contributed by atoms with Crippen molar-refractivity contribution in [3.8, 4) is 11.3 Å². The van der Waals surface area contributed by atoms with Crippen molar-refractivity contribution < 1.29 is 4.79 Å². The van der Waals surface area contributed by atoms with Crippen molar-refractivity contribution in [2.24, 2.45) is 0 Å². The number of likely N-dealkylation sites (tertiary alicyclic amines) is 1. The predicted octanol–water partition coefficient (Wildman–Crippen LogP) is 4.15. The Balaban J connectivity index is 1.76. The van der Waals surface area contributed by atoms with Crippen LogP contribution in [-0.2, 0) is 0 Å². The summed E-state index contributed by atoms with van der Waals surface area (Å²) >= 11 is 0. The number of aryl methyl sites for hydroxylation is 1. The normalized spacial score (nSPS) is 15.5. The average Bonchev–Trinajstić information content (AvgIpc) is 3.17. The van der Waals surface area contributed by atoms with Gasteiger partial charge in [-0.1, -0.05) is 29.8 Å². The number of nitrogens with zero attached hydrogens (tertiary/aromatic N) is 5. The molecule has 0 spiro atoms. The Morgan fingerprint density at radius 3 is 2.40 bits per heavy atom. The standard InChI is InChI=1S/C24H31N5O/c1-16(2)29-23-21(15-25-29)20(14-22(26-23)18-8-6-17(3)7-9-18)24(30)28-12-10-19(11-13-28)27(4)5/h6-9,14-16,19H,10-13H2,1-5H3. The van der Waals surface area contributed by atoms with E-state index in [0.717, 1.165) is 48.2 Å². The van der Waals surface area contributed by atoms with E-state index in [1.807, 2.05) is 15.6 Å². The summed E-state index contributed by atoms with van der Waals surface area (Å²) in [6.45, 7) is 7.80. The van der Waals surface area contributed by atoms with Crippen LogP contribution in [0.15, 0.2) is 36.5 Å². The summed E-state index contributed by atoms with van der Waals surface area (Å²) in [5, 5.41) is 5.38. The molecule has 6 nitrogen and oxygen atoms in total. The maximum absolute atomic E-state index is 13.6. The Bertz CT molecular complexity index is 1040. The zero-order valence-corrected chi connectivity index (χ0v) is 18.6. The van der Waals surface area contributed by atoms with Crippen LogP contribution < -0.4 is 0 Å². The number of rotatable bonds is 4. The van der Waals surface area contributed by atoms with E-state index in [1.54, 1.807) is 6.20 Å². The van der Waals surface area contributed by atoms with Crippen LogP contribution in [0.4, 0.5) is 0 Å². The van der Waals surface area contributed by atoms with Gasteiger partial charge in [-0.25, -0.2) is 9.67 Å². The quantitative estimate of drug-likeness (QED) is 0.654. The van der Waals surface area contributed by atoms with Crippen molar-refractivity contribution in [2.75, 3.05) is 27.2 Å². The van der Waals surface area contributed by atoms with Crippen molar-refractivity contribution in [1.29, 1.82) is 0 Å². The van der Waals surface area contributed by atoms with Crippen molar-refractivity contribution in [3.63, 3.8) is 0 Å². The molecule has 0 aliphatic carbocycles. The molecule has 1 amide bonds. The first-order valence-corrected chi connectivity index (χ1v) is 10.8. The fourth-order valence-corrected chi connectivity index (χ4v) is 4.20. The lowest BCUT2D eigenvalue weighted by atomic mass is 10.0. The number of carbonyl (C=O) groups excluding carboxylic acids is 1. The lowest BCUT2D eigenvalue weighted by molar-refractivity contribution is 0.0665. The van der Waals surface area contributed by atoms with Crippen LogP contribution in [0.2, 0.25) is 0 Å². The number of hydrogen-bond acceptors (Lipinski definition) is 4. The van der Waals surface area contributed by atoms with Crippen molar-refractivity contribution >= 4 is 16.9 Å². The molecular formula is C24H31N5O. The van der Waals surface area contributed by atoms with Gasteiger partial charge in [0.05, 0.1) is 22.8 Å². The van der Waals surface area contributed by atoms with Crippen molar-refractivity contribution in [1.82, 2.24) is 24.6 Å². The molecule has 3 heterocycles. The summed E-state index contributed by atoms with van der Waals surface area (Å²) < 4.78 is 1.90. The molecule has 0 N–H and O–H groups in total. The van der Waals surface area contributed by atoms with Crippen LogP contribution in [0, 0.1) is 6.92 Å². The van der Waals surface area contributed by atoms with Crippen LogP contribution in [0.1, 0.15) is 48.7 Å². The van der Waals surface area contributed by atoms with E-state index in [-0.39, 0.29) is 11.9 Å². The molecule has 1 saturated heterocycles. The summed E-state index contributed by atoms with van der Waals surface area (Å²) in [4.78, 5) is 22.7. The third-order valence-electron chi connectivity index (χ3n) is 6.12. The minimum atomic E-state index is 0.0799. The second-order valence-corrected chi connectivity index (χ2v) is 8.83. The third-order valence-corrected chi connectivity index (χ3v) is 6.12. The summed E-state index contributed by atoms with van der Waals surface area (Å²) in [6.07, 6.45) is 3.80. The molecule has 0 radical (unpaired) electrons. The molecule has 0 saturated carbocycles. The molecule has 158 valence electrons. The molecular weight excluding hydrogens is 374 g/mol. The highest BCUT2D eigenvalue weighted by atomic mass is 16.2. The van der Waals surface area contributed by atoms with Gasteiger partial charge in [-0.05, 0) is 53.8 Å². The van der Waals surface area contributed by atoms with Gasteiger partial charge in [-0.15, -0.1) is 0 Å². The molecule has 0 bridgehead atoms. The largest absolute Gasteiger partial charge is 0.339 e. The summed E-state index contributed by atoms with van der Waals surface area (Å²) in [5.74, 6) is 0.0799. The highest BCUT2D eigenvalue weighted by molar-refractivity contribution is 6.06. The molecule has 1 fully saturated rings. The highest BCUT2D eigenvalue weighted by Crippen LogP contribution is 2.28. The van der Waals surface area contributed by atoms with Crippen LogP contribution in [0.5, 0.6) is 0 Å². The van der Waals surface area contributed by atoms with Crippen LogP contribution in [0.25, 0.3) is 22.3 Å².